The van der Waals surface area contributed by atoms with Crippen molar-refractivity contribution in [2.45, 2.75) is 25.9 Å². The number of hydrogen-bond donors (Lipinski definition) is 1. The molecule has 1 atom stereocenters. The zero-order valence-corrected chi connectivity index (χ0v) is 6.07. The first-order valence-corrected chi connectivity index (χ1v) is 3.38. The zero-order chi connectivity index (χ0) is 7.40. The third-order valence-electron chi connectivity index (χ3n) is 1.29. The summed E-state index contributed by atoms with van der Waals surface area (Å²) in [5, 5.41) is 7.47. The Morgan fingerprint density at radius 3 is 3.00 bits per heavy atom. The molecular weight excluding hydrogens is 128 g/mol. The molecule has 1 heterocycles. The summed E-state index contributed by atoms with van der Waals surface area (Å²) in [5.74, 6) is 0. The van der Waals surface area contributed by atoms with Gasteiger partial charge in [-0.2, -0.15) is 0 Å². The first-order valence-electron chi connectivity index (χ1n) is 3.38. The van der Waals surface area contributed by atoms with Gasteiger partial charge in [-0.25, -0.2) is 0 Å². The molecule has 0 amide bonds. The summed E-state index contributed by atoms with van der Waals surface area (Å²) in [6, 6.07) is 0.240. The summed E-state index contributed by atoms with van der Waals surface area (Å²) >= 11 is 0. The van der Waals surface area contributed by atoms with Crippen molar-refractivity contribution in [2.75, 3.05) is 0 Å². The minimum atomic E-state index is 0.240. The molecule has 0 bridgehead atoms. The maximum atomic E-state index is 5.55. The van der Waals surface area contributed by atoms with Gasteiger partial charge in [0.05, 0.1) is 6.20 Å². The SMILES string of the molecule is C[C@H](N)CCn1ccnn1. The molecule has 0 saturated carbocycles. The molecule has 1 aromatic rings. The normalized spacial score (nSPS) is 13.4. The minimum absolute atomic E-state index is 0.240. The molecule has 0 aliphatic heterocycles. The number of nitrogens with zero attached hydrogens (tertiary/aromatic N) is 3. The van der Waals surface area contributed by atoms with Crippen molar-refractivity contribution in [1.29, 1.82) is 0 Å². The van der Waals surface area contributed by atoms with Gasteiger partial charge in [0.15, 0.2) is 0 Å². The maximum absolute atomic E-state index is 5.55. The van der Waals surface area contributed by atoms with Crippen LogP contribution in [0.2, 0.25) is 0 Å². The van der Waals surface area contributed by atoms with Crippen LogP contribution < -0.4 is 5.73 Å². The van der Waals surface area contributed by atoms with E-state index in [0.717, 1.165) is 13.0 Å². The van der Waals surface area contributed by atoms with Gasteiger partial charge in [-0.15, -0.1) is 5.10 Å². The number of hydrogen-bond acceptors (Lipinski definition) is 3. The van der Waals surface area contributed by atoms with Gasteiger partial charge < -0.3 is 5.73 Å². The Morgan fingerprint density at radius 2 is 2.50 bits per heavy atom. The van der Waals surface area contributed by atoms with E-state index in [0.29, 0.717) is 0 Å². The summed E-state index contributed by atoms with van der Waals surface area (Å²) < 4.78 is 1.78. The van der Waals surface area contributed by atoms with Crippen LogP contribution in [0.5, 0.6) is 0 Å². The Morgan fingerprint density at radius 1 is 1.70 bits per heavy atom. The van der Waals surface area contributed by atoms with Crippen LogP contribution in [0.3, 0.4) is 0 Å². The molecule has 4 nitrogen and oxygen atoms in total. The van der Waals surface area contributed by atoms with Crippen LogP contribution in [0.15, 0.2) is 12.4 Å². The van der Waals surface area contributed by atoms with Crippen LogP contribution in [0.25, 0.3) is 0 Å². The van der Waals surface area contributed by atoms with E-state index in [9.17, 15) is 0 Å². The molecule has 0 aromatic carbocycles. The van der Waals surface area contributed by atoms with Crippen LogP contribution in [0.4, 0.5) is 0 Å². The van der Waals surface area contributed by atoms with E-state index in [1.165, 1.54) is 0 Å². The van der Waals surface area contributed by atoms with E-state index in [2.05, 4.69) is 10.3 Å². The van der Waals surface area contributed by atoms with Gasteiger partial charge in [0.25, 0.3) is 0 Å². The fourth-order valence-corrected chi connectivity index (χ4v) is 0.688. The van der Waals surface area contributed by atoms with Gasteiger partial charge in [-0.05, 0) is 13.3 Å². The molecule has 0 aliphatic rings. The Hall–Kier alpha value is -0.900. The highest BCUT2D eigenvalue weighted by atomic mass is 15.4. The third kappa shape index (κ3) is 2.14. The van der Waals surface area contributed by atoms with E-state index >= 15 is 0 Å². The number of aryl methyl sites for hydroxylation is 1. The standard InChI is InChI=1S/C6H12N4/c1-6(7)2-4-10-5-3-8-9-10/h3,5-6H,2,4,7H2,1H3/t6-/m0/s1. The van der Waals surface area contributed by atoms with Crippen molar-refractivity contribution in [2.24, 2.45) is 5.73 Å². The smallest absolute Gasteiger partial charge is 0.0692 e. The molecule has 0 spiro atoms. The quantitative estimate of drug-likeness (QED) is 0.643. The highest BCUT2D eigenvalue weighted by molar-refractivity contribution is 4.64. The van der Waals surface area contributed by atoms with Crippen LogP contribution >= 0.6 is 0 Å². The second kappa shape index (κ2) is 3.31. The van der Waals surface area contributed by atoms with Gasteiger partial charge in [0, 0.05) is 18.8 Å². The zero-order valence-electron chi connectivity index (χ0n) is 6.07. The monoisotopic (exact) mass is 140 g/mol. The van der Waals surface area contributed by atoms with Gasteiger partial charge >= 0.3 is 0 Å². The van der Waals surface area contributed by atoms with Gasteiger partial charge in [-0.3, -0.25) is 4.68 Å². The molecule has 1 rings (SSSR count). The Kier molecular flexibility index (Phi) is 2.39. The molecular formula is C6H12N4. The van der Waals surface area contributed by atoms with E-state index < -0.39 is 0 Å². The second-order valence-electron chi connectivity index (χ2n) is 2.43. The van der Waals surface area contributed by atoms with Gasteiger partial charge in [-0.1, -0.05) is 5.21 Å². The molecule has 10 heavy (non-hydrogen) atoms. The Balaban J connectivity index is 2.28. The minimum Gasteiger partial charge on any atom is -0.328 e. The average Bonchev–Trinajstić information content (AvgIpc) is 2.34. The second-order valence-corrected chi connectivity index (χ2v) is 2.43. The van der Waals surface area contributed by atoms with E-state index in [4.69, 9.17) is 5.73 Å². The molecule has 0 saturated heterocycles. The summed E-state index contributed by atoms with van der Waals surface area (Å²) in [6.07, 6.45) is 4.45. The lowest BCUT2D eigenvalue weighted by molar-refractivity contribution is 0.517. The largest absolute Gasteiger partial charge is 0.328 e. The van der Waals surface area contributed by atoms with Crippen LogP contribution in [-0.2, 0) is 6.54 Å². The van der Waals surface area contributed by atoms with Crippen molar-refractivity contribution in [3.8, 4) is 0 Å². The van der Waals surface area contributed by atoms with E-state index in [1.54, 1.807) is 10.9 Å². The fourth-order valence-electron chi connectivity index (χ4n) is 0.688. The molecule has 4 heteroatoms. The maximum Gasteiger partial charge on any atom is 0.0692 e. The van der Waals surface area contributed by atoms with E-state index in [-0.39, 0.29) is 6.04 Å². The molecule has 1 aromatic heterocycles. The Labute approximate surface area is 60.0 Å². The topological polar surface area (TPSA) is 56.7 Å². The number of aromatic nitrogens is 3. The van der Waals surface area contributed by atoms with Gasteiger partial charge in [0.2, 0.25) is 0 Å². The highest BCUT2D eigenvalue weighted by Gasteiger charge is 1.94. The lowest BCUT2D eigenvalue weighted by Gasteiger charge is -2.02. The lowest BCUT2D eigenvalue weighted by Crippen LogP contribution is -2.17. The summed E-state index contributed by atoms with van der Waals surface area (Å²) in [4.78, 5) is 0. The molecule has 2 N–H and O–H groups in total. The number of nitrogens with two attached hydrogens (primary N) is 1. The lowest BCUT2D eigenvalue weighted by atomic mass is 10.2. The summed E-state index contributed by atoms with van der Waals surface area (Å²) in [5.41, 5.74) is 5.55. The Bertz CT molecular complexity index is 168. The molecule has 0 aliphatic carbocycles. The predicted octanol–water partition coefficient (Wildman–Crippen LogP) is 0.0154. The van der Waals surface area contributed by atoms with Crippen LogP contribution in [0, 0.1) is 0 Å². The van der Waals surface area contributed by atoms with E-state index in [1.807, 2.05) is 13.1 Å². The number of rotatable bonds is 3. The molecule has 0 unspecified atom stereocenters. The van der Waals surface area contributed by atoms with Crippen molar-refractivity contribution < 1.29 is 0 Å². The van der Waals surface area contributed by atoms with Crippen LogP contribution in [-0.4, -0.2) is 21.0 Å². The molecule has 0 fully saturated rings. The highest BCUT2D eigenvalue weighted by Crippen LogP contribution is 1.89. The van der Waals surface area contributed by atoms with Crippen molar-refractivity contribution in [1.82, 2.24) is 15.0 Å². The summed E-state index contributed by atoms with van der Waals surface area (Å²) in [7, 11) is 0. The first kappa shape index (κ1) is 7.21. The van der Waals surface area contributed by atoms with Crippen LogP contribution in [0.1, 0.15) is 13.3 Å². The first-order chi connectivity index (χ1) is 4.79. The average molecular weight is 140 g/mol. The molecule has 56 valence electrons. The molecule has 0 radical (unpaired) electrons. The van der Waals surface area contributed by atoms with Gasteiger partial charge in [0.1, 0.15) is 0 Å². The third-order valence-corrected chi connectivity index (χ3v) is 1.29. The summed E-state index contributed by atoms with van der Waals surface area (Å²) in [6.45, 7) is 2.84. The predicted molar refractivity (Wildman–Crippen MR) is 38.3 cm³/mol. The fraction of sp³-hybridized carbons (Fsp3) is 0.667. The van der Waals surface area contributed by atoms with Crippen molar-refractivity contribution in [3.63, 3.8) is 0 Å². The van der Waals surface area contributed by atoms with Crippen molar-refractivity contribution >= 4 is 0 Å². The van der Waals surface area contributed by atoms with Crippen molar-refractivity contribution in [3.05, 3.63) is 12.4 Å².